The summed E-state index contributed by atoms with van der Waals surface area (Å²) in [6, 6.07) is 33.0. The predicted molar refractivity (Wildman–Crippen MR) is 126 cm³/mol. The van der Waals surface area contributed by atoms with Crippen molar-refractivity contribution in [3.63, 3.8) is 0 Å². The monoisotopic (exact) mass is 398 g/mol. The number of hydrogen-bond acceptors (Lipinski definition) is 3. The van der Waals surface area contributed by atoms with E-state index in [1.54, 1.807) is 0 Å². The summed E-state index contributed by atoms with van der Waals surface area (Å²) in [4.78, 5) is 9.12. The summed E-state index contributed by atoms with van der Waals surface area (Å²) in [6.07, 6.45) is 3.64. The molecule has 146 valence electrons. The Morgan fingerprint density at radius 3 is 1.74 bits per heavy atom. The number of nitrogens with zero attached hydrogens (tertiary/aromatic N) is 2. The number of pyridine rings is 2. The Balaban J connectivity index is 1.56. The molecule has 3 aromatic heterocycles. The average Bonchev–Trinajstić information content (AvgIpc) is 3.23. The van der Waals surface area contributed by atoms with Gasteiger partial charge in [-0.2, -0.15) is 0 Å². The number of para-hydroxylation sites is 1. The van der Waals surface area contributed by atoms with E-state index in [0.29, 0.717) is 0 Å². The van der Waals surface area contributed by atoms with E-state index >= 15 is 0 Å². The first kappa shape index (κ1) is 17.6. The van der Waals surface area contributed by atoms with Crippen molar-refractivity contribution < 1.29 is 4.42 Å². The van der Waals surface area contributed by atoms with E-state index in [9.17, 15) is 0 Å². The zero-order valence-corrected chi connectivity index (χ0v) is 16.7. The standard InChI is InChI=1S/C28H18N2O/c1-2-10-27-23(7-1)24-12-11-19(18-28(24)31-27)20-15-21(25-8-3-5-13-29-25)17-22(16-20)26-9-4-6-14-30-26/h1-18H. The maximum Gasteiger partial charge on any atom is 0.136 e. The van der Waals surface area contributed by atoms with Crippen LogP contribution in [0.1, 0.15) is 0 Å². The Morgan fingerprint density at radius 1 is 0.452 bits per heavy atom. The van der Waals surface area contributed by atoms with Crippen LogP contribution in [0.25, 0.3) is 55.6 Å². The van der Waals surface area contributed by atoms with E-state index in [4.69, 9.17) is 4.42 Å². The Morgan fingerprint density at radius 2 is 1.06 bits per heavy atom. The first-order valence-corrected chi connectivity index (χ1v) is 10.2. The molecule has 31 heavy (non-hydrogen) atoms. The zero-order valence-electron chi connectivity index (χ0n) is 16.7. The van der Waals surface area contributed by atoms with Gasteiger partial charge >= 0.3 is 0 Å². The topological polar surface area (TPSA) is 38.9 Å². The van der Waals surface area contributed by atoms with Gasteiger partial charge in [0.25, 0.3) is 0 Å². The molecule has 0 N–H and O–H groups in total. The molecule has 0 aliphatic carbocycles. The van der Waals surface area contributed by atoms with Crippen LogP contribution in [-0.4, -0.2) is 9.97 Å². The summed E-state index contributed by atoms with van der Waals surface area (Å²) in [5.41, 5.74) is 7.99. The summed E-state index contributed by atoms with van der Waals surface area (Å²) < 4.78 is 6.12. The van der Waals surface area contributed by atoms with Gasteiger partial charge in [0.15, 0.2) is 0 Å². The van der Waals surface area contributed by atoms with E-state index in [1.165, 1.54) is 0 Å². The molecule has 3 aromatic carbocycles. The third-order valence-corrected chi connectivity index (χ3v) is 5.57. The van der Waals surface area contributed by atoms with Gasteiger partial charge in [0, 0.05) is 34.3 Å². The van der Waals surface area contributed by atoms with Crippen LogP contribution in [0.5, 0.6) is 0 Å². The highest BCUT2D eigenvalue weighted by molar-refractivity contribution is 6.06. The molecule has 3 heterocycles. The first-order chi connectivity index (χ1) is 15.3. The van der Waals surface area contributed by atoms with Crippen LogP contribution >= 0.6 is 0 Å². The molecule has 6 rings (SSSR count). The molecule has 3 nitrogen and oxygen atoms in total. The lowest BCUT2D eigenvalue weighted by molar-refractivity contribution is 0.669. The van der Waals surface area contributed by atoms with Crippen LogP contribution in [0.2, 0.25) is 0 Å². The van der Waals surface area contributed by atoms with E-state index in [2.05, 4.69) is 52.4 Å². The maximum atomic E-state index is 6.12. The van der Waals surface area contributed by atoms with Crippen molar-refractivity contribution in [1.82, 2.24) is 9.97 Å². The lowest BCUT2D eigenvalue weighted by Crippen LogP contribution is -1.89. The van der Waals surface area contributed by atoms with Gasteiger partial charge in [0.2, 0.25) is 0 Å². The quantitative estimate of drug-likeness (QED) is 0.312. The normalized spacial score (nSPS) is 11.2. The summed E-state index contributed by atoms with van der Waals surface area (Å²) in [6.45, 7) is 0. The highest BCUT2D eigenvalue weighted by Crippen LogP contribution is 2.35. The molecule has 0 aliphatic rings. The van der Waals surface area contributed by atoms with Gasteiger partial charge in [0.1, 0.15) is 11.2 Å². The molecule has 0 radical (unpaired) electrons. The molecule has 0 unspecified atom stereocenters. The van der Waals surface area contributed by atoms with Gasteiger partial charge in [-0.25, -0.2) is 0 Å². The second-order valence-corrected chi connectivity index (χ2v) is 7.54. The molecule has 0 amide bonds. The number of rotatable bonds is 3. The summed E-state index contributed by atoms with van der Waals surface area (Å²) >= 11 is 0. The molecule has 0 bridgehead atoms. The first-order valence-electron chi connectivity index (χ1n) is 10.2. The number of aromatic nitrogens is 2. The van der Waals surface area contributed by atoms with Crippen LogP contribution in [0.15, 0.2) is 114 Å². The van der Waals surface area contributed by atoms with E-state index in [1.807, 2.05) is 67.0 Å². The lowest BCUT2D eigenvalue weighted by Gasteiger charge is -2.10. The van der Waals surface area contributed by atoms with E-state index < -0.39 is 0 Å². The molecular weight excluding hydrogens is 380 g/mol. The SMILES string of the molecule is c1ccc(-c2cc(-c3ccc4c(c3)oc3ccccc34)cc(-c3ccccn3)c2)nc1. The van der Waals surface area contributed by atoms with Crippen LogP contribution < -0.4 is 0 Å². The van der Waals surface area contributed by atoms with Crippen LogP contribution in [0, 0.1) is 0 Å². The fourth-order valence-electron chi connectivity index (χ4n) is 4.06. The Kier molecular flexibility index (Phi) is 4.10. The van der Waals surface area contributed by atoms with Crippen LogP contribution in [0.3, 0.4) is 0 Å². The highest BCUT2D eigenvalue weighted by atomic mass is 16.3. The molecule has 3 heteroatoms. The van der Waals surface area contributed by atoms with Gasteiger partial charge in [-0.15, -0.1) is 0 Å². The summed E-state index contributed by atoms with van der Waals surface area (Å²) in [5, 5.41) is 2.27. The lowest BCUT2D eigenvalue weighted by atomic mass is 9.96. The predicted octanol–water partition coefficient (Wildman–Crippen LogP) is 7.38. The van der Waals surface area contributed by atoms with Gasteiger partial charge in [-0.05, 0) is 71.8 Å². The highest BCUT2D eigenvalue weighted by Gasteiger charge is 2.11. The largest absolute Gasteiger partial charge is 0.456 e. The number of furan rings is 1. The van der Waals surface area contributed by atoms with Gasteiger partial charge < -0.3 is 4.42 Å². The van der Waals surface area contributed by atoms with E-state index in [0.717, 1.165) is 55.6 Å². The second kappa shape index (κ2) is 7.22. The molecular formula is C28H18N2O. The molecule has 0 saturated carbocycles. The van der Waals surface area contributed by atoms with Crippen molar-refractivity contribution in [2.45, 2.75) is 0 Å². The fraction of sp³-hybridized carbons (Fsp3) is 0. The van der Waals surface area contributed by atoms with Gasteiger partial charge in [0.05, 0.1) is 11.4 Å². The molecule has 6 aromatic rings. The summed E-state index contributed by atoms with van der Waals surface area (Å²) in [7, 11) is 0. The van der Waals surface area contributed by atoms with Crippen molar-refractivity contribution in [2.75, 3.05) is 0 Å². The Hall–Kier alpha value is -4.24. The van der Waals surface area contributed by atoms with Crippen molar-refractivity contribution in [2.24, 2.45) is 0 Å². The smallest absolute Gasteiger partial charge is 0.136 e. The minimum absolute atomic E-state index is 0.890. The van der Waals surface area contributed by atoms with Gasteiger partial charge in [-0.3, -0.25) is 9.97 Å². The zero-order chi connectivity index (χ0) is 20.6. The third kappa shape index (κ3) is 3.17. The van der Waals surface area contributed by atoms with Crippen LogP contribution in [0.4, 0.5) is 0 Å². The van der Waals surface area contributed by atoms with E-state index in [-0.39, 0.29) is 0 Å². The van der Waals surface area contributed by atoms with Crippen molar-refractivity contribution in [3.05, 3.63) is 109 Å². The Labute approximate surface area is 179 Å². The summed E-state index contributed by atoms with van der Waals surface area (Å²) in [5.74, 6) is 0. The second-order valence-electron chi connectivity index (χ2n) is 7.54. The minimum atomic E-state index is 0.890. The Bertz CT molecular complexity index is 1460. The van der Waals surface area contributed by atoms with Crippen molar-refractivity contribution >= 4 is 21.9 Å². The van der Waals surface area contributed by atoms with Crippen LogP contribution in [-0.2, 0) is 0 Å². The number of fused-ring (bicyclic) bond motifs is 3. The number of hydrogen-bond donors (Lipinski definition) is 0. The minimum Gasteiger partial charge on any atom is -0.456 e. The van der Waals surface area contributed by atoms with Crippen molar-refractivity contribution in [1.29, 1.82) is 0 Å². The van der Waals surface area contributed by atoms with Crippen molar-refractivity contribution in [3.8, 4) is 33.6 Å². The van der Waals surface area contributed by atoms with Gasteiger partial charge in [-0.1, -0.05) is 36.4 Å². The fourth-order valence-corrected chi connectivity index (χ4v) is 4.06. The molecule has 0 atom stereocenters. The number of benzene rings is 3. The molecule has 0 saturated heterocycles. The molecule has 0 spiro atoms. The molecule has 0 aliphatic heterocycles. The molecule has 0 fully saturated rings. The average molecular weight is 398 g/mol. The third-order valence-electron chi connectivity index (χ3n) is 5.57. The maximum absolute atomic E-state index is 6.12.